The SMILES string of the molecule is CN=C(NCCCc1nn(-c2ccc(C)cc2)c(N)c1C#N)N(C)Cc1csc(C)n1.I. The number of hydrogen-bond donors (Lipinski definition) is 2. The Morgan fingerprint density at radius 1 is 1.31 bits per heavy atom. The lowest BCUT2D eigenvalue weighted by Gasteiger charge is -2.21. The summed E-state index contributed by atoms with van der Waals surface area (Å²) in [4.78, 5) is 10.9. The molecule has 0 bridgehead atoms. The highest BCUT2D eigenvalue weighted by Gasteiger charge is 2.16. The number of halogens is 1. The molecule has 3 rings (SSSR count). The van der Waals surface area contributed by atoms with Gasteiger partial charge in [-0.15, -0.1) is 35.3 Å². The molecule has 0 fully saturated rings. The second-order valence-electron chi connectivity index (χ2n) is 7.36. The van der Waals surface area contributed by atoms with Crippen LogP contribution in [0.15, 0.2) is 34.6 Å². The Bertz CT molecular complexity index is 1090. The van der Waals surface area contributed by atoms with Gasteiger partial charge < -0.3 is 16.0 Å². The summed E-state index contributed by atoms with van der Waals surface area (Å²) >= 11 is 1.65. The van der Waals surface area contributed by atoms with Crippen molar-refractivity contribution in [2.24, 2.45) is 4.99 Å². The number of nitrogens with two attached hydrogens (primary N) is 1. The van der Waals surface area contributed by atoms with Crippen molar-refractivity contribution in [3.63, 3.8) is 0 Å². The summed E-state index contributed by atoms with van der Waals surface area (Å²) in [6.45, 7) is 5.43. The van der Waals surface area contributed by atoms with E-state index in [2.05, 4.69) is 31.8 Å². The highest BCUT2D eigenvalue weighted by atomic mass is 127. The van der Waals surface area contributed by atoms with Gasteiger partial charge in [-0.2, -0.15) is 10.4 Å². The third-order valence-corrected chi connectivity index (χ3v) is 5.72. The number of guanidine groups is 1. The number of nitrogens with one attached hydrogen (secondary N) is 1. The normalized spacial score (nSPS) is 11.0. The average molecular weight is 565 g/mol. The van der Waals surface area contributed by atoms with Gasteiger partial charge in [-0.25, -0.2) is 9.67 Å². The Labute approximate surface area is 210 Å². The van der Waals surface area contributed by atoms with E-state index in [4.69, 9.17) is 5.73 Å². The Balaban J connectivity index is 0.00000363. The van der Waals surface area contributed by atoms with Crippen LogP contribution in [0, 0.1) is 25.2 Å². The minimum atomic E-state index is 0. The summed E-state index contributed by atoms with van der Waals surface area (Å²) in [6.07, 6.45) is 1.44. The van der Waals surface area contributed by atoms with Gasteiger partial charge in [0.05, 0.1) is 28.6 Å². The van der Waals surface area contributed by atoms with E-state index in [9.17, 15) is 5.26 Å². The topological polar surface area (TPSA) is 108 Å². The molecule has 170 valence electrons. The van der Waals surface area contributed by atoms with Crippen molar-refractivity contribution >= 4 is 47.1 Å². The number of aromatic nitrogens is 3. The zero-order valence-electron chi connectivity index (χ0n) is 18.8. The molecule has 2 heterocycles. The van der Waals surface area contributed by atoms with Gasteiger partial charge in [0, 0.05) is 26.0 Å². The predicted molar refractivity (Wildman–Crippen MR) is 141 cm³/mol. The number of benzene rings is 1. The molecule has 0 unspecified atom stereocenters. The lowest BCUT2D eigenvalue weighted by molar-refractivity contribution is 0.470. The van der Waals surface area contributed by atoms with E-state index in [1.807, 2.05) is 50.1 Å². The van der Waals surface area contributed by atoms with Crippen LogP contribution in [0.3, 0.4) is 0 Å². The maximum atomic E-state index is 9.57. The fraction of sp³-hybridized carbons (Fsp3) is 0.364. The minimum absolute atomic E-state index is 0. The van der Waals surface area contributed by atoms with Crippen molar-refractivity contribution in [3.8, 4) is 11.8 Å². The Morgan fingerprint density at radius 2 is 2.03 bits per heavy atom. The lowest BCUT2D eigenvalue weighted by atomic mass is 10.1. The summed E-state index contributed by atoms with van der Waals surface area (Å²) in [5.41, 5.74) is 10.4. The molecule has 0 amide bonds. The molecule has 0 aliphatic rings. The third kappa shape index (κ3) is 6.20. The van der Waals surface area contributed by atoms with E-state index in [-0.39, 0.29) is 24.0 Å². The molecule has 0 aliphatic carbocycles. The Morgan fingerprint density at radius 3 is 2.62 bits per heavy atom. The number of aliphatic imine (C=N–C) groups is 1. The van der Waals surface area contributed by atoms with Crippen molar-refractivity contribution in [2.75, 3.05) is 26.4 Å². The summed E-state index contributed by atoms with van der Waals surface area (Å²) in [7, 11) is 3.75. The molecule has 0 aliphatic heterocycles. The van der Waals surface area contributed by atoms with Gasteiger partial charge in [-0.1, -0.05) is 17.7 Å². The molecule has 1 aromatic carbocycles. The van der Waals surface area contributed by atoms with Gasteiger partial charge in [0.25, 0.3) is 0 Å². The van der Waals surface area contributed by atoms with E-state index < -0.39 is 0 Å². The zero-order valence-corrected chi connectivity index (χ0v) is 21.9. The van der Waals surface area contributed by atoms with Crippen molar-refractivity contribution in [3.05, 3.63) is 57.2 Å². The van der Waals surface area contributed by atoms with Crippen molar-refractivity contribution < 1.29 is 0 Å². The van der Waals surface area contributed by atoms with Crippen LogP contribution in [0.1, 0.15) is 33.9 Å². The van der Waals surface area contributed by atoms with E-state index in [1.165, 1.54) is 0 Å². The summed E-state index contributed by atoms with van der Waals surface area (Å²) < 4.78 is 1.64. The molecule has 3 aromatic rings. The zero-order chi connectivity index (χ0) is 22.4. The average Bonchev–Trinajstić information content (AvgIpc) is 3.30. The monoisotopic (exact) mass is 564 g/mol. The molecule has 8 nitrogen and oxygen atoms in total. The van der Waals surface area contributed by atoms with Crippen LogP contribution in [0.25, 0.3) is 5.69 Å². The maximum absolute atomic E-state index is 9.57. The number of hydrogen-bond acceptors (Lipinski definition) is 6. The lowest BCUT2D eigenvalue weighted by Crippen LogP contribution is -2.39. The standard InChI is InChI=1S/C22H28N8S.HI/c1-15-7-9-18(10-8-15)30-21(24)19(12-23)20(28-30)6-5-11-26-22(25-3)29(4)13-17-14-31-16(2)27-17;/h7-10,14H,5-6,11,13,24H2,1-4H3,(H,25,26);1H. The van der Waals surface area contributed by atoms with Gasteiger partial charge in [-0.05, 0) is 38.8 Å². The second kappa shape index (κ2) is 11.8. The fourth-order valence-corrected chi connectivity index (χ4v) is 3.90. The number of nitrogens with zero attached hydrogens (tertiary/aromatic N) is 6. The number of aryl methyl sites for hydroxylation is 3. The number of rotatable bonds is 7. The molecule has 0 saturated carbocycles. The molecule has 32 heavy (non-hydrogen) atoms. The molecule has 2 aromatic heterocycles. The van der Waals surface area contributed by atoms with Crippen LogP contribution in [0.4, 0.5) is 5.82 Å². The molecule has 10 heteroatoms. The van der Waals surface area contributed by atoms with Crippen LogP contribution in [0.5, 0.6) is 0 Å². The molecular weight excluding hydrogens is 535 g/mol. The van der Waals surface area contributed by atoms with Gasteiger partial charge in [0.2, 0.25) is 0 Å². The first-order valence-corrected chi connectivity index (χ1v) is 11.0. The first kappa shape index (κ1) is 25.6. The van der Waals surface area contributed by atoms with Crippen molar-refractivity contribution in [1.29, 1.82) is 5.26 Å². The van der Waals surface area contributed by atoms with E-state index >= 15 is 0 Å². The highest BCUT2D eigenvalue weighted by molar-refractivity contribution is 14.0. The van der Waals surface area contributed by atoms with Crippen molar-refractivity contribution in [2.45, 2.75) is 33.2 Å². The number of anilines is 1. The van der Waals surface area contributed by atoms with Crippen LogP contribution in [-0.2, 0) is 13.0 Å². The second-order valence-corrected chi connectivity index (χ2v) is 8.42. The Kier molecular flexibility index (Phi) is 9.46. The smallest absolute Gasteiger partial charge is 0.193 e. The van der Waals surface area contributed by atoms with Gasteiger partial charge >= 0.3 is 0 Å². The van der Waals surface area contributed by atoms with E-state index in [0.29, 0.717) is 36.6 Å². The van der Waals surface area contributed by atoms with Crippen LogP contribution in [-0.4, -0.2) is 46.3 Å². The first-order valence-electron chi connectivity index (χ1n) is 10.1. The quantitative estimate of drug-likeness (QED) is 0.196. The molecule has 0 saturated heterocycles. The van der Waals surface area contributed by atoms with Gasteiger partial charge in [0.1, 0.15) is 17.5 Å². The largest absolute Gasteiger partial charge is 0.382 e. The fourth-order valence-electron chi connectivity index (χ4n) is 3.30. The number of thiazole rings is 1. The molecule has 0 radical (unpaired) electrons. The summed E-state index contributed by atoms with van der Waals surface area (Å²) in [5, 5.41) is 20.7. The number of nitriles is 1. The third-order valence-electron chi connectivity index (χ3n) is 4.90. The molecule has 0 atom stereocenters. The Hall–Kier alpha value is -2.65. The molecule has 0 spiro atoms. The van der Waals surface area contributed by atoms with Gasteiger partial charge in [0.15, 0.2) is 5.96 Å². The van der Waals surface area contributed by atoms with E-state index in [0.717, 1.165) is 34.3 Å². The van der Waals surface area contributed by atoms with Gasteiger partial charge in [-0.3, -0.25) is 4.99 Å². The van der Waals surface area contributed by atoms with Crippen molar-refractivity contribution in [1.82, 2.24) is 25.0 Å². The highest BCUT2D eigenvalue weighted by Crippen LogP contribution is 2.21. The first-order chi connectivity index (χ1) is 14.9. The van der Waals surface area contributed by atoms with E-state index in [1.54, 1.807) is 23.1 Å². The van der Waals surface area contributed by atoms with Crippen LogP contribution < -0.4 is 11.1 Å². The molecule has 3 N–H and O–H groups in total. The molecular formula is C22H29IN8S. The maximum Gasteiger partial charge on any atom is 0.193 e. The van der Waals surface area contributed by atoms with Crippen LogP contribution in [0.2, 0.25) is 0 Å². The summed E-state index contributed by atoms with van der Waals surface area (Å²) in [6, 6.07) is 10.1. The summed E-state index contributed by atoms with van der Waals surface area (Å²) in [5.74, 6) is 1.18. The number of nitrogen functional groups attached to an aromatic ring is 1. The van der Waals surface area contributed by atoms with Crippen LogP contribution >= 0.6 is 35.3 Å². The predicted octanol–water partition coefficient (Wildman–Crippen LogP) is 3.66. The minimum Gasteiger partial charge on any atom is -0.382 e.